The molecule has 3 aromatic rings. The molecule has 2 aliphatic heterocycles. The Labute approximate surface area is 177 Å². The molecular weight excluding hydrogens is 405 g/mol. The average Bonchev–Trinajstić information content (AvgIpc) is 3.25. The molecule has 1 spiro atoms. The lowest BCUT2D eigenvalue weighted by atomic mass is 9.86. The first kappa shape index (κ1) is 18.7. The van der Waals surface area contributed by atoms with Crippen LogP contribution < -0.4 is 4.74 Å². The second-order valence-corrected chi connectivity index (χ2v) is 8.01. The number of nitrogens with zero attached hydrogens (tertiary/aromatic N) is 3. The first-order chi connectivity index (χ1) is 14.5. The van der Waals surface area contributed by atoms with Crippen LogP contribution in [0.4, 0.5) is 4.39 Å². The Morgan fingerprint density at radius 2 is 1.97 bits per heavy atom. The Morgan fingerprint density at radius 1 is 1.17 bits per heavy atom. The van der Waals surface area contributed by atoms with Gasteiger partial charge >= 0.3 is 0 Å². The zero-order valence-electron chi connectivity index (χ0n) is 15.9. The molecule has 2 aromatic carbocycles. The zero-order chi connectivity index (χ0) is 20.9. The molecule has 0 saturated carbocycles. The molecule has 5 nitrogen and oxygen atoms in total. The van der Waals surface area contributed by atoms with Gasteiger partial charge in [-0.05, 0) is 42.5 Å². The molecule has 3 heterocycles. The lowest BCUT2D eigenvalue weighted by molar-refractivity contribution is -0.00940. The number of ether oxygens (including phenoxy) is 1. The largest absolute Gasteiger partial charge is 0.479 e. The van der Waals surface area contributed by atoms with Crippen molar-refractivity contribution in [1.29, 1.82) is 5.26 Å². The Kier molecular flexibility index (Phi) is 4.30. The monoisotopic (exact) mass is 421 g/mol. The number of likely N-dealkylation sites (tertiary alicyclic amines) is 1. The van der Waals surface area contributed by atoms with Crippen LogP contribution in [0.25, 0.3) is 5.69 Å². The molecule has 150 valence electrons. The SMILES string of the molecule is N#Cc1ccc(C(=O)N2CCC3(CC2)Oc2cc(Cl)ccc2-n2cccc23)c(F)c1. The number of nitriles is 1. The summed E-state index contributed by atoms with van der Waals surface area (Å²) in [6, 6.07) is 15.4. The number of carbonyl (C=O) groups excluding carboxylic acids is 1. The number of aromatic nitrogens is 1. The number of piperidine rings is 1. The molecule has 0 atom stereocenters. The van der Waals surface area contributed by atoms with Crippen LogP contribution in [-0.4, -0.2) is 28.5 Å². The Balaban J connectivity index is 1.41. The molecule has 30 heavy (non-hydrogen) atoms. The van der Waals surface area contributed by atoms with Crippen molar-refractivity contribution in [2.75, 3.05) is 13.1 Å². The third kappa shape index (κ3) is 2.86. The summed E-state index contributed by atoms with van der Waals surface area (Å²) in [5.74, 6) is -0.337. The van der Waals surface area contributed by atoms with Crippen molar-refractivity contribution in [1.82, 2.24) is 9.47 Å². The summed E-state index contributed by atoms with van der Waals surface area (Å²) in [6.45, 7) is 0.860. The Hall–Kier alpha value is -3.30. The van der Waals surface area contributed by atoms with Crippen LogP contribution in [0.1, 0.15) is 34.5 Å². The highest BCUT2D eigenvalue weighted by Gasteiger charge is 2.44. The normalized spacial score (nSPS) is 16.4. The second kappa shape index (κ2) is 6.89. The number of fused-ring (bicyclic) bond motifs is 4. The van der Waals surface area contributed by atoms with Gasteiger partial charge in [0.2, 0.25) is 0 Å². The first-order valence-corrected chi connectivity index (χ1v) is 10.0. The van der Waals surface area contributed by atoms with Crippen molar-refractivity contribution in [3.63, 3.8) is 0 Å². The molecule has 0 unspecified atom stereocenters. The first-order valence-electron chi connectivity index (χ1n) is 9.66. The molecule has 1 aromatic heterocycles. The van der Waals surface area contributed by atoms with E-state index < -0.39 is 11.4 Å². The van der Waals surface area contributed by atoms with Crippen LogP contribution in [0.15, 0.2) is 54.7 Å². The van der Waals surface area contributed by atoms with Gasteiger partial charge < -0.3 is 14.2 Å². The van der Waals surface area contributed by atoms with E-state index in [1.807, 2.05) is 42.6 Å². The van der Waals surface area contributed by atoms with E-state index in [-0.39, 0.29) is 17.0 Å². The fraction of sp³-hybridized carbons (Fsp3) is 0.217. The summed E-state index contributed by atoms with van der Waals surface area (Å²) in [5.41, 5.74) is 1.57. The van der Waals surface area contributed by atoms with Crippen molar-refractivity contribution in [2.45, 2.75) is 18.4 Å². The van der Waals surface area contributed by atoms with Crippen molar-refractivity contribution < 1.29 is 13.9 Å². The van der Waals surface area contributed by atoms with Crippen LogP contribution in [0.3, 0.4) is 0 Å². The predicted molar refractivity (Wildman–Crippen MR) is 109 cm³/mol. The minimum atomic E-state index is -0.675. The molecular formula is C23H17ClFN3O2. The van der Waals surface area contributed by atoms with E-state index in [2.05, 4.69) is 4.57 Å². The van der Waals surface area contributed by atoms with E-state index in [9.17, 15) is 9.18 Å². The average molecular weight is 422 g/mol. The highest BCUT2D eigenvalue weighted by Crippen LogP contribution is 2.45. The van der Waals surface area contributed by atoms with Crippen LogP contribution in [-0.2, 0) is 5.60 Å². The van der Waals surface area contributed by atoms with E-state index >= 15 is 0 Å². The quantitative estimate of drug-likeness (QED) is 0.574. The van der Waals surface area contributed by atoms with Crippen molar-refractivity contribution in [3.05, 3.63) is 82.4 Å². The van der Waals surface area contributed by atoms with Gasteiger partial charge in [-0.25, -0.2) is 4.39 Å². The van der Waals surface area contributed by atoms with Gasteiger partial charge in [-0.2, -0.15) is 5.26 Å². The van der Waals surface area contributed by atoms with Crippen molar-refractivity contribution >= 4 is 17.5 Å². The minimum absolute atomic E-state index is 0.0185. The highest BCUT2D eigenvalue weighted by atomic mass is 35.5. The van der Waals surface area contributed by atoms with Gasteiger partial charge in [0.05, 0.1) is 28.6 Å². The van der Waals surface area contributed by atoms with Gasteiger partial charge in [-0.3, -0.25) is 4.79 Å². The molecule has 5 rings (SSSR count). The van der Waals surface area contributed by atoms with Crippen molar-refractivity contribution in [2.24, 2.45) is 0 Å². The van der Waals surface area contributed by atoms with E-state index in [1.165, 1.54) is 12.1 Å². The summed E-state index contributed by atoms with van der Waals surface area (Å²) in [4.78, 5) is 14.5. The molecule has 1 fully saturated rings. The van der Waals surface area contributed by atoms with Gasteiger partial charge in [0.25, 0.3) is 5.91 Å². The van der Waals surface area contributed by atoms with E-state index in [1.54, 1.807) is 4.90 Å². The predicted octanol–water partition coefficient (Wildman–Crippen LogP) is 4.67. The minimum Gasteiger partial charge on any atom is -0.479 e. The lowest BCUT2D eigenvalue weighted by Gasteiger charge is -2.45. The number of amides is 1. The van der Waals surface area contributed by atoms with Crippen LogP contribution in [0.2, 0.25) is 5.02 Å². The van der Waals surface area contributed by atoms with Crippen LogP contribution in [0, 0.1) is 17.1 Å². The van der Waals surface area contributed by atoms with Crippen LogP contribution >= 0.6 is 11.6 Å². The Bertz CT molecular complexity index is 1210. The van der Waals surface area contributed by atoms with Crippen molar-refractivity contribution in [3.8, 4) is 17.5 Å². The highest BCUT2D eigenvalue weighted by molar-refractivity contribution is 6.30. The molecule has 0 bridgehead atoms. The molecule has 1 saturated heterocycles. The fourth-order valence-corrected chi connectivity index (χ4v) is 4.51. The third-order valence-corrected chi connectivity index (χ3v) is 6.12. The molecule has 1 amide bonds. The van der Waals surface area contributed by atoms with E-state index in [0.29, 0.717) is 36.7 Å². The number of hydrogen-bond acceptors (Lipinski definition) is 3. The smallest absolute Gasteiger partial charge is 0.256 e. The summed E-state index contributed by atoms with van der Waals surface area (Å²) in [7, 11) is 0. The van der Waals surface area contributed by atoms with Gasteiger partial charge in [-0.1, -0.05) is 11.6 Å². The maximum atomic E-state index is 14.3. The summed E-state index contributed by atoms with van der Waals surface area (Å²) >= 11 is 6.18. The molecule has 0 N–H and O–H groups in total. The van der Waals surface area contributed by atoms with Gasteiger partial charge in [0.1, 0.15) is 11.6 Å². The Morgan fingerprint density at radius 3 is 2.70 bits per heavy atom. The third-order valence-electron chi connectivity index (χ3n) is 5.89. The standard InChI is InChI=1S/C23H17ClFN3O2/c24-16-4-6-19-20(13-16)30-23(21-2-1-9-28(19)21)7-10-27(11-8-23)22(29)17-5-3-15(14-26)12-18(17)25/h1-6,9,12-13H,7-8,10-11H2. The second-order valence-electron chi connectivity index (χ2n) is 7.57. The number of hydrogen-bond donors (Lipinski definition) is 0. The topological polar surface area (TPSA) is 58.3 Å². The van der Waals surface area contributed by atoms with E-state index in [0.717, 1.165) is 17.4 Å². The van der Waals surface area contributed by atoms with Crippen LogP contribution in [0.5, 0.6) is 5.75 Å². The van der Waals surface area contributed by atoms with Gasteiger partial charge in [0.15, 0.2) is 5.60 Å². The zero-order valence-corrected chi connectivity index (χ0v) is 16.7. The summed E-state index contributed by atoms with van der Waals surface area (Å²) in [6.07, 6.45) is 3.15. The maximum Gasteiger partial charge on any atom is 0.256 e. The lowest BCUT2D eigenvalue weighted by Crippen LogP contribution is -2.50. The fourth-order valence-electron chi connectivity index (χ4n) is 4.35. The molecule has 0 aliphatic carbocycles. The summed E-state index contributed by atoms with van der Waals surface area (Å²) < 4.78 is 22.9. The number of halogens is 2. The molecule has 7 heteroatoms. The van der Waals surface area contributed by atoms with Gasteiger partial charge in [-0.15, -0.1) is 0 Å². The maximum absolute atomic E-state index is 14.3. The summed E-state index contributed by atoms with van der Waals surface area (Å²) in [5, 5.41) is 9.49. The molecule has 0 radical (unpaired) electrons. The van der Waals surface area contributed by atoms with E-state index in [4.69, 9.17) is 21.6 Å². The molecule has 2 aliphatic rings. The van der Waals surface area contributed by atoms with Gasteiger partial charge in [0, 0.05) is 43.2 Å². The number of carbonyl (C=O) groups is 1. The number of rotatable bonds is 1. The number of benzene rings is 2.